The topological polar surface area (TPSA) is 48.7 Å². The molecule has 0 atom stereocenters. The highest BCUT2D eigenvalue weighted by molar-refractivity contribution is 6.34. The number of aromatic nitrogens is 1. The molecule has 62 valence electrons. The molecule has 12 heavy (non-hydrogen) atoms. The first-order valence-electron chi connectivity index (χ1n) is 3.58. The molecule has 0 aliphatic heterocycles. The largest absolute Gasteiger partial charge is 0.369 e. The summed E-state index contributed by atoms with van der Waals surface area (Å²) in [5.74, 6) is 0.568. The Balaban J connectivity index is 3.07. The summed E-state index contributed by atoms with van der Waals surface area (Å²) in [5.41, 5.74) is 0.447. The van der Waals surface area contributed by atoms with Crippen LogP contribution >= 0.6 is 11.6 Å². The van der Waals surface area contributed by atoms with Gasteiger partial charge in [-0.1, -0.05) is 11.6 Å². The van der Waals surface area contributed by atoms with Crippen LogP contribution < -0.4 is 5.32 Å². The third-order valence-corrected chi connectivity index (χ3v) is 1.74. The highest BCUT2D eigenvalue weighted by atomic mass is 35.5. The molecule has 0 aliphatic rings. The lowest BCUT2D eigenvalue weighted by molar-refractivity contribution is 1.16. The molecule has 0 spiro atoms. The van der Waals surface area contributed by atoms with Gasteiger partial charge in [-0.15, -0.1) is 0 Å². The molecule has 0 unspecified atom stereocenters. The Morgan fingerprint density at radius 1 is 1.75 bits per heavy atom. The zero-order chi connectivity index (χ0) is 8.97. The number of nitrogens with zero attached hydrogens (tertiary/aromatic N) is 2. The van der Waals surface area contributed by atoms with Crippen LogP contribution in [0.1, 0.15) is 12.5 Å². The molecule has 1 rings (SSSR count). The molecule has 0 amide bonds. The van der Waals surface area contributed by atoms with Crippen LogP contribution in [0.15, 0.2) is 12.3 Å². The standard InChI is InChI=1S/C8H8ClN3/c1-2-11-8-7(9)6(5-10)3-4-12-8/h3-4H,2H2,1H3,(H,11,12). The second-order valence-corrected chi connectivity index (χ2v) is 2.54. The fourth-order valence-electron chi connectivity index (χ4n) is 0.821. The number of rotatable bonds is 2. The molecule has 0 bridgehead atoms. The fourth-order valence-corrected chi connectivity index (χ4v) is 1.04. The number of anilines is 1. The van der Waals surface area contributed by atoms with E-state index in [9.17, 15) is 0 Å². The first-order chi connectivity index (χ1) is 5.79. The Morgan fingerprint density at radius 3 is 3.08 bits per heavy atom. The van der Waals surface area contributed by atoms with Crippen LogP contribution in [0.2, 0.25) is 5.02 Å². The Labute approximate surface area is 76.0 Å². The van der Waals surface area contributed by atoms with Crippen molar-refractivity contribution in [1.29, 1.82) is 5.26 Å². The minimum Gasteiger partial charge on any atom is -0.369 e. The molecule has 0 fully saturated rings. The normalized spacial score (nSPS) is 9.08. The lowest BCUT2D eigenvalue weighted by Crippen LogP contribution is -2.00. The average molecular weight is 182 g/mol. The van der Waals surface area contributed by atoms with Crippen LogP contribution in [-0.4, -0.2) is 11.5 Å². The number of hydrogen-bond donors (Lipinski definition) is 1. The molecule has 1 N–H and O–H groups in total. The number of halogens is 1. The van der Waals surface area contributed by atoms with Crippen molar-refractivity contribution >= 4 is 17.4 Å². The van der Waals surface area contributed by atoms with Gasteiger partial charge in [0.25, 0.3) is 0 Å². The maximum atomic E-state index is 8.62. The molecule has 0 aliphatic carbocycles. The summed E-state index contributed by atoms with van der Waals surface area (Å²) >= 11 is 5.84. The van der Waals surface area contributed by atoms with Crippen molar-refractivity contribution in [1.82, 2.24) is 4.98 Å². The molecule has 0 saturated carbocycles. The van der Waals surface area contributed by atoms with E-state index in [2.05, 4.69) is 10.3 Å². The van der Waals surface area contributed by atoms with Crippen LogP contribution in [0.3, 0.4) is 0 Å². The van der Waals surface area contributed by atoms with E-state index in [1.54, 1.807) is 12.3 Å². The predicted octanol–water partition coefficient (Wildman–Crippen LogP) is 2.04. The monoisotopic (exact) mass is 181 g/mol. The first kappa shape index (κ1) is 8.82. The van der Waals surface area contributed by atoms with E-state index >= 15 is 0 Å². The molecule has 1 aromatic heterocycles. The van der Waals surface area contributed by atoms with Gasteiger partial charge in [0.15, 0.2) is 0 Å². The first-order valence-corrected chi connectivity index (χ1v) is 3.96. The quantitative estimate of drug-likeness (QED) is 0.760. The number of pyridine rings is 1. The van der Waals surface area contributed by atoms with E-state index in [0.29, 0.717) is 16.4 Å². The van der Waals surface area contributed by atoms with E-state index < -0.39 is 0 Å². The van der Waals surface area contributed by atoms with Crippen LogP contribution in [0.5, 0.6) is 0 Å². The predicted molar refractivity (Wildman–Crippen MR) is 48.1 cm³/mol. The van der Waals surface area contributed by atoms with Crippen LogP contribution in [0, 0.1) is 11.3 Å². The molecular formula is C8H8ClN3. The smallest absolute Gasteiger partial charge is 0.146 e. The van der Waals surface area contributed by atoms with Gasteiger partial charge in [-0.05, 0) is 13.0 Å². The highest BCUT2D eigenvalue weighted by Gasteiger charge is 2.04. The Morgan fingerprint density at radius 2 is 2.50 bits per heavy atom. The maximum Gasteiger partial charge on any atom is 0.146 e. The van der Waals surface area contributed by atoms with Gasteiger partial charge in [-0.25, -0.2) is 4.98 Å². The summed E-state index contributed by atoms with van der Waals surface area (Å²) in [6, 6.07) is 3.57. The van der Waals surface area contributed by atoms with E-state index in [1.807, 2.05) is 13.0 Å². The lowest BCUT2D eigenvalue weighted by Gasteiger charge is -2.04. The lowest BCUT2D eigenvalue weighted by atomic mass is 10.3. The average Bonchev–Trinajstić information content (AvgIpc) is 2.09. The van der Waals surface area contributed by atoms with Gasteiger partial charge in [0.05, 0.1) is 5.56 Å². The second-order valence-electron chi connectivity index (χ2n) is 2.16. The Kier molecular flexibility index (Phi) is 2.89. The minimum absolute atomic E-state index is 0.391. The third-order valence-electron chi connectivity index (χ3n) is 1.35. The Hall–Kier alpha value is -1.27. The molecule has 0 saturated heterocycles. The summed E-state index contributed by atoms with van der Waals surface area (Å²) in [7, 11) is 0. The summed E-state index contributed by atoms with van der Waals surface area (Å²) in [6.45, 7) is 2.68. The molecule has 3 nitrogen and oxygen atoms in total. The van der Waals surface area contributed by atoms with E-state index in [0.717, 1.165) is 6.54 Å². The van der Waals surface area contributed by atoms with Crippen molar-refractivity contribution in [3.05, 3.63) is 22.8 Å². The van der Waals surface area contributed by atoms with Crippen molar-refractivity contribution in [3.63, 3.8) is 0 Å². The zero-order valence-electron chi connectivity index (χ0n) is 6.63. The third kappa shape index (κ3) is 1.66. The number of hydrogen-bond acceptors (Lipinski definition) is 3. The van der Waals surface area contributed by atoms with Crippen molar-refractivity contribution in [3.8, 4) is 6.07 Å². The summed E-state index contributed by atoms with van der Waals surface area (Å²) < 4.78 is 0. The van der Waals surface area contributed by atoms with Gasteiger partial charge in [0, 0.05) is 12.7 Å². The molecule has 1 heterocycles. The Bertz CT molecular complexity index is 317. The fraction of sp³-hybridized carbons (Fsp3) is 0.250. The SMILES string of the molecule is CCNc1nccc(C#N)c1Cl. The summed E-state index contributed by atoms with van der Waals surface area (Å²) in [4.78, 5) is 3.98. The molecular weight excluding hydrogens is 174 g/mol. The van der Waals surface area contributed by atoms with E-state index in [-0.39, 0.29) is 0 Å². The van der Waals surface area contributed by atoms with Gasteiger partial charge >= 0.3 is 0 Å². The summed E-state index contributed by atoms with van der Waals surface area (Å²) in [5, 5.41) is 12.0. The minimum atomic E-state index is 0.391. The van der Waals surface area contributed by atoms with Crippen molar-refractivity contribution in [2.45, 2.75) is 6.92 Å². The highest BCUT2D eigenvalue weighted by Crippen LogP contribution is 2.22. The molecule has 0 radical (unpaired) electrons. The van der Waals surface area contributed by atoms with Crippen LogP contribution in [0.25, 0.3) is 0 Å². The van der Waals surface area contributed by atoms with Gasteiger partial charge in [-0.2, -0.15) is 5.26 Å². The van der Waals surface area contributed by atoms with Crippen molar-refractivity contribution in [2.24, 2.45) is 0 Å². The van der Waals surface area contributed by atoms with Gasteiger partial charge in [0.1, 0.15) is 16.9 Å². The molecule has 0 aromatic carbocycles. The van der Waals surface area contributed by atoms with Gasteiger partial charge < -0.3 is 5.32 Å². The van der Waals surface area contributed by atoms with Crippen molar-refractivity contribution < 1.29 is 0 Å². The molecule has 4 heteroatoms. The van der Waals surface area contributed by atoms with E-state index in [1.165, 1.54) is 0 Å². The van der Waals surface area contributed by atoms with Crippen LogP contribution in [0.4, 0.5) is 5.82 Å². The number of nitriles is 1. The number of nitrogens with one attached hydrogen (secondary N) is 1. The second kappa shape index (κ2) is 3.93. The van der Waals surface area contributed by atoms with Gasteiger partial charge in [0.2, 0.25) is 0 Å². The summed E-state index contributed by atoms with van der Waals surface area (Å²) in [6.07, 6.45) is 1.56. The van der Waals surface area contributed by atoms with Crippen molar-refractivity contribution in [2.75, 3.05) is 11.9 Å². The molecule has 1 aromatic rings. The maximum absolute atomic E-state index is 8.62. The van der Waals surface area contributed by atoms with E-state index in [4.69, 9.17) is 16.9 Å². The van der Waals surface area contributed by atoms with Crippen LogP contribution in [-0.2, 0) is 0 Å². The zero-order valence-corrected chi connectivity index (χ0v) is 7.39. The van der Waals surface area contributed by atoms with Gasteiger partial charge in [-0.3, -0.25) is 0 Å².